The third-order valence-corrected chi connectivity index (χ3v) is 2.56. The number of nitrogens with two attached hydrogens (primary N) is 1. The van der Waals surface area contributed by atoms with Crippen molar-refractivity contribution in [2.45, 2.75) is 38.6 Å². The lowest BCUT2D eigenvalue weighted by Gasteiger charge is -2.11. The van der Waals surface area contributed by atoms with Gasteiger partial charge in [0.15, 0.2) is 0 Å². The van der Waals surface area contributed by atoms with Gasteiger partial charge in [0.2, 0.25) is 0 Å². The summed E-state index contributed by atoms with van der Waals surface area (Å²) in [6.07, 6.45) is 4.60. The number of nitrogens with zero attached hydrogens (tertiary/aromatic N) is 1. The first-order valence-corrected chi connectivity index (χ1v) is 5.53. The molecule has 1 atom stereocenters. The van der Waals surface area contributed by atoms with Gasteiger partial charge in [-0.2, -0.15) is 5.26 Å². The smallest absolute Gasteiger partial charge is 0.0991 e. The van der Waals surface area contributed by atoms with Crippen molar-refractivity contribution in [1.82, 2.24) is 0 Å². The van der Waals surface area contributed by atoms with Gasteiger partial charge in [-0.1, -0.05) is 38.3 Å². The Labute approximate surface area is 104 Å². The summed E-state index contributed by atoms with van der Waals surface area (Å²) in [6, 6.07) is 9.80. The molecule has 0 heterocycles. The maximum Gasteiger partial charge on any atom is 0.0991 e. The minimum atomic E-state index is 0. The highest BCUT2D eigenvalue weighted by Crippen LogP contribution is 2.18. The predicted molar refractivity (Wildman–Crippen MR) is 69.5 cm³/mol. The van der Waals surface area contributed by atoms with E-state index in [-0.39, 0.29) is 18.4 Å². The first-order chi connectivity index (χ1) is 7.27. The third kappa shape index (κ3) is 4.65. The quantitative estimate of drug-likeness (QED) is 0.798. The standard InChI is InChI=1S/C13H18N2.ClH/c1-2-3-4-8-13(15)12-7-5-6-11(9-12)10-14;/h5-7,9,13H,2-4,8,15H2,1H3;1H/t13-;/m0./s1. The van der Waals surface area contributed by atoms with E-state index in [2.05, 4.69) is 13.0 Å². The van der Waals surface area contributed by atoms with Gasteiger partial charge in [0, 0.05) is 6.04 Å². The molecule has 0 radical (unpaired) electrons. The van der Waals surface area contributed by atoms with Crippen LogP contribution in [0.25, 0.3) is 0 Å². The Bertz CT molecular complexity index is 344. The van der Waals surface area contributed by atoms with Crippen LogP contribution in [0.15, 0.2) is 24.3 Å². The molecule has 2 nitrogen and oxygen atoms in total. The Morgan fingerprint density at radius 2 is 2.12 bits per heavy atom. The molecule has 0 fully saturated rings. The molecule has 0 saturated carbocycles. The van der Waals surface area contributed by atoms with Crippen LogP contribution in [-0.2, 0) is 0 Å². The molecule has 1 aromatic carbocycles. The second-order valence-electron chi connectivity index (χ2n) is 3.84. The van der Waals surface area contributed by atoms with Crippen LogP contribution in [0.1, 0.15) is 49.8 Å². The molecule has 0 spiro atoms. The van der Waals surface area contributed by atoms with Gasteiger partial charge < -0.3 is 5.73 Å². The number of benzene rings is 1. The fourth-order valence-corrected chi connectivity index (χ4v) is 1.62. The second kappa shape index (κ2) is 8.15. The topological polar surface area (TPSA) is 49.8 Å². The number of hydrogen-bond acceptors (Lipinski definition) is 2. The van der Waals surface area contributed by atoms with Crippen LogP contribution < -0.4 is 5.73 Å². The third-order valence-electron chi connectivity index (χ3n) is 2.56. The van der Waals surface area contributed by atoms with E-state index in [9.17, 15) is 0 Å². The van der Waals surface area contributed by atoms with Crippen molar-refractivity contribution >= 4 is 12.4 Å². The van der Waals surface area contributed by atoms with Crippen LogP contribution in [0, 0.1) is 11.3 Å². The van der Waals surface area contributed by atoms with Crippen molar-refractivity contribution in [2.24, 2.45) is 5.73 Å². The number of unbranched alkanes of at least 4 members (excludes halogenated alkanes) is 2. The molecular weight excluding hydrogens is 220 g/mol. The first kappa shape index (κ1) is 15.0. The summed E-state index contributed by atoms with van der Waals surface area (Å²) in [4.78, 5) is 0. The van der Waals surface area contributed by atoms with E-state index < -0.39 is 0 Å². The molecular formula is C13H19ClN2. The number of nitriles is 1. The van der Waals surface area contributed by atoms with Gasteiger partial charge in [0.25, 0.3) is 0 Å². The van der Waals surface area contributed by atoms with Crippen molar-refractivity contribution in [3.63, 3.8) is 0 Å². The molecule has 1 rings (SSSR count). The van der Waals surface area contributed by atoms with E-state index in [0.717, 1.165) is 18.4 Å². The average molecular weight is 239 g/mol. The number of halogens is 1. The molecule has 0 amide bonds. The first-order valence-electron chi connectivity index (χ1n) is 5.53. The minimum Gasteiger partial charge on any atom is -0.324 e. The van der Waals surface area contributed by atoms with E-state index in [0.29, 0.717) is 5.56 Å². The van der Waals surface area contributed by atoms with E-state index >= 15 is 0 Å². The lowest BCUT2D eigenvalue weighted by molar-refractivity contribution is 0.581. The van der Waals surface area contributed by atoms with Crippen LogP contribution >= 0.6 is 12.4 Å². The Morgan fingerprint density at radius 3 is 2.75 bits per heavy atom. The summed E-state index contributed by atoms with van der Waals surface area (Å²) in [5, 5.41) is 8.77. The number of hydrogen-bond donors (Lipinski definition) is 1. The lowest BCUT2D eigenvalue weighted by Crippen LogP contribution is -2.10. The van der Waals surface area contributed by atoms with Gasteiger partial charge in [-0.05, 0) is 24.1 Å². The summed E-state index contributed by atoms with van der Waals surface area (Å²) in [5.74, 6) is 0. The Morgan fingerprint density at radius 1 is 1.38 bits per heavy atom. The molecule has 0 aromatic heterocycles. The molecule has 3 heteroatoms. The monoisotopic (exact) mass is 238 g/mol. The fraction of sp³-hybridized carbons (Fsp3) is 0.462. The molecule has 0 aliphatic rings. The van der Waals surface area contributed by atoms with Crippen LogP contribution in [0.5, 0.6) is 0 Å². The van der Waals surface area contributed by atoms with Crippen LogP contribution in [0.4, 0.5) is 0 Å². The van der Waals surface area contributed by atoms with Gasteiger partial charge in [0.05, 0.1) is 11.6 Å². The Kier molecular flexibility index (Phi) is 7.62. The van der Waals surface area contributed by atoms with Gasteiger partial charge in [-0.25, -0.2) is 0 Å². The second-order valence-corrected chi connectivity index (χ2v) is 3.84. The molecule has 88 valence electrons. The zero-order chi connectivity index (χ0) is 11.1. The van der Waals surface area contributed by atoms with E-state index in [1.807, 2.05) is 24.3 Å². The van der Waals surface area contributed by atoms with Gasteiger partial charge >= 0.3 is 0 Å². The van der Waals surface area contributed by atoms with E-state index in [4.69, 9.17) is 11.0 Å². The molecule has 16 heavy (non-hydrogen) atoms. The highest BCUT2D eigenvalue weighted by Gasteiger charge is 2.05. The lowest BCUT2D eigenvalue weighted by atomic mass is 10.00. The van der Waals surface area contributed by atoms with Crippen molar-refractivity contribution in [3.8, 4) is 6.07 Å². The van der Waals surface area contributed by atoms with Crippen LogP contribution in [-0.4, -0.2) is 0 Å². The van der Waals surface area contributed by atoms with E-state index in [1.165, 1.54) is 12.8 Å². The molecule has 1 aromatic rings. The number of rotatable bonds is 5. The zero-order valence-corrected chi connectivity index (χ0v) is 10.5. The molecule has 0 saturated heterocycles. The maximum absolute atomic E-state index is 8.77. The molecule has 0 aliphatic heterocycles. The van der Waals surface area contributed by atoms with Crippen LogP contribution in [0.2, 0.25) is 0 Å². The Hall–Kier alpha value is -1.04. The minimum absolute atomic E-state index is 0. The van der Waals surface area contributed by atoms with Crippen molar-refractivity contribution in [1.29, 1.82) is 5.26 Å². The largest absolute Gasteiger partial charge is 0.324 e. The van der Waals surface area contributed by atoms with Crippen molar-refractivity contribution in [2.75, 3.05) is 0 Å². The predicted octanol–water partition coefficient (Wildman–Crippen LogP) is 3.56. The van der Waals surface area contributed by atoms with E-state index in [1.54, 1.807) is 0 Å². The normalized spacial score (nSPS) is 11.3. The summed E-state index contributed by atoms with van der Waals surface area (Å²) >= 11 is 0. The maximum atomic E-state index is 8.77. The van der Waals surface area contributed by atoms with Gasteiger partial charge in [-0.15, -0.1) is 12.4 Å². The zero-order valence-electron chi connectivity index (χ0n) is 9.65. The highest BCUT2D eigenvalue weighted by atomic mass is 35.5. The molecule has 2 N–H and O–H groups in total. The molecule has 0 aliphatic carbocycles. The van der Waals surface area contributed by atoms with Gasteiger partial charge in [-0.3, -0.25) is 0 Å². The fourth-order valence-electron chi connectivity index (χ4n) is 1.62. The SMILES string of the molecule is CCCCC[C@H](N)c1cccc(C#N)c1.Cl. The summed E-state index contributed by atoms with van der Waals surface area (Å²) in [6.45, 7) is 2.18. The highest BCUT2D eigenvalue weighted by molar-refractivity contribution is 5.85. The van der Waals surface area contributed by atoms with Gasteiger partial charge in [0.1, 0.15) is 0 Å². The van der Waals surface area contributed by atoms with Crippen molar-refractivity contribution in [3.05, 3.63) is 35.4 Å². The van der Waals surface area contributed by atoms with Crippen LogP contribution in [0.3, 0.4) is 0 Å². The summed E-state index contributed by atoms with van der Waals surface area (Å²) in [5.41, 5.74) is 7.82. The summed E-state index contributed by atoms with van der Waals surface area (Å²) < 4.78 is 0. The van der Waals surface area contributed by atoms with Crippen molar-refractivity contribution < 1.29 is 0 Å². The molecule has 0 bridgehead atoms. The Balaban J connectivity index is 0.00000225. The average Bonchev–Trinajstić information content (AvgIpc) is 2.29. The molecule has 0 unspecified atom stereocenters. The summed E-state index contributed by atoms with van der Waals surface area (Å²) in [7, 11) is 0.